The molecule has 2 aromatic carbocycles. The molecule has 3 aromatic heterocycles. The van der Waals surface area contributed by atoms with Crippen molar-refractivity contribution in [3.05, 3.63) is 91.1 Å². The molecule has 0 bridgehead atoms. The van der Waals surface area contributed by atoms with E-state index in [1.54, 1.807) is 6.26 Å². The lowest BCUT2D eigenvalue weighted by molar-refractivity contribution is -0.690. The molecule has 0 unspecified atom stereocenters. The molecule has 5 heteroatoms. The van der Waals surface area contributed by atoms with Gasteiger partial charge in [-0.15, -0.1) is 0 Å². The van der Waals surface area contributed by atoms with Gasteiger partial charge in [-0.2, -0.15) is 0 Å². The van der Waals surface area contributed by atoms with Crippen molar-refractivity contribution in [2.45, 2.75) is 26.9 Å². The Morgan fingerprint density at radius 3 is 2.25 bits per heavy atom. The monoisotopic (exact) mass is 423 g/mol. The van der Waals surface area contributed by atoms with Crippen molar-refractivity contribution in [2.24, 2.45) is 5.92 Å². The fourth-order valence-electron chi connectivity index (χ4n) is 4.35. The van der Waals surface area contributed by atoms with Crippen LogP contribution in [-0.4, -0.2) is 9.55 Å². The highest BCUT2D eigenvalue weighted by atomic mass is 16.3. The smallest absolute Gasteiger partial charge is 0.232 e. The topological polar surface area (TPSA) is 60.9 Å². The Hall–Kier alpha value is -3.86. The zero-order valence-electron chi connectivity index (χ0n) is 18.4. The predicted octanol–water partition coefficient (Wildman–Crippen LogP) is 5.54. The number of nitrogens with zero attached hydrogens (tertiary/aromatic N) is 3. The van der Waals surface area contributed by atoms with Gasteiger partial charge in [-0.3, -0.25) is 0 Å². The van der Waals surface area contributed by atoms with Crippen LogP contribution in [0.15, 0.2) is 89.8 Å². The highest BCUT2D eigenvalue weighted by Gasteiger charge is 2.28. The lowest BCUT2D eigenvalue weighted by atomic mass is 9.99. The Labute approximate surface area is 187 Å². The van der Waals surface area contributed by atoms with E-state index in [0.717, 1.165) is 51.5 Å². The van der Waals surface area contributed by atoms with Crippen LogP contribution >= 0.6 is 0 Å². The van der Waals surface area contributed by atoms with Crippen molar-refractivity contribution in [1.29, 1.82) is 0 Å². The van der Waals surface area contributed by atoms with E-state index in [1.165, 1.54) is 0 Å². The van der Waals surface area contributed by atoms with Gasteiger partial charge in [-0.05, 0) is 29.2 Å². The number of nitrogen functional groups attached to an aromatic ring is 1. The fourth-order valence-corrected chi connectivity index (χ4v) is 4.35. The molecule has 3 heterocycles. The average molecular weight is 424 g/mol. The molecule has 0 aliphatic carbocycles. The Balaban J connectivity index is 1.89. The van der Waals surface area contributed by atoms with Crippen LogP contribution in [0.3, 0.4) is 0 Å². The van der Waals surface area contributed by atoms with Crippen molar-refractivity contribution in [1.82, 2.24) is 9.55 Å². The molecule has 0 saturated heterocycles. The van der Waals surface area contributed by atoms with Crippen molar-refractivity contribution in [2.75, 3.05) is 5.73 Å². The van der Waals surface area contributed by atoms with E-state index >= 15 is 0 Å². The summed E-state index contributed by atoms with van der Waals surface area (Å²) < 4.78 is 10.00. The molecule has 0 saturated carbocycles. The first-order valence-electron chi connectivity index (χ1n) is 11.0. The highest BCUT2D eigenvalue weighted by Crippen LogP contribution is 2.42. The van der Waals surface area contributed by atoms with E-state index < -0.39 is 0 Å². The number of fused-ring (bicyclic) bond motifs is 1. The minimum atomic E-state index is 0.459. The summed E-state index contributed by atoms with van der Waals surface area (Å²) in [7, 11) is 0. The van der Waals surface area contributed by atoms with Gasteiger partial charge in [0.2, 0.25) is 17.8 Å². The fraction of sp³-hybridized carbons (Fsp3) is 0.185. The maximum atomic E-state index is 6.83. The molecule has 0 amide bonds. The van der Waals surface area contributed by atoms with Gasteiger partial charge >= 0.3 is 0 Å². The molecule has 0 aliphatic heterocycles. The second-order valence-electron chi connectivity index (χ2n) is 8.50. The molecule has 0 aliphatic rings. The van der Waals surface area contributed by atoms with Gasteiger partial charge in [-0.25, -0.2) is 4.57 Å². The number of hydrogen-bond donors (Lipinski definition) is 1. The van der Waals surface area contributed by atoms with Gasteiger partial charge in [0.15, 0.2) is 0 Å². The van der Waals surface area contributed by atoms with Crippen molar-refractivity contribution < 1.29 is 8.98 Å². The van der Waals surface area contributed by atoms with E-state index in [0.29, 0.717) is 12.5 Å². The first-order valence-corrected chi connectivity index (χ1v) is 11.0. The van der Waals surface area contributed by atoms with Gasteiger partial charge in [0.05, 0.1) is 25.0 Å². The largest absolute Gasteiger partial charge is 0.467 e. The van der Waals surface area contributed by atoms with E-state index in [9.17, 15) is 0 Å². The van der Waals surface area contributed by atoms with Crippen LogP contribution in [0, 0.1) is 5.92 Å². The minimum Gasteiger partial charge on any atom is -0.467 e. The Bertz CT molecular complexity index is 1340. The Morgan fingerprint density at radius 2 is 1.62 bits per heavy atom. The van der Waals surface area contributed by atoms with Gasteiger partial charge in [0.1, 0.15) is 11.1 Å². The summed E-state index contributed by atoms with van der Waals surface area (Å²) in [4.78, 5) is 4.91. The zero-order valence-corrected chi connectivity index (χ0v) is 18.4. The van der Waals surface area contributed by atoms with Crippen LogP contribution in [0.2, 0.25) is 0 Å². The standard InChI is InChI=1S/C27H26N4O/c1-19(2)16-30-18-29-27-24(26(30)28)23(20-10-5-3-6-11-20)25(21-12-7-4-8-13-21)31(27)17-22-14-9-15-32-22/h3-15,18-19,28H,16-17H2,1-2H3/p+1. The third-order valence-corrected chi connectivity index (χ3v) is 5.69. The number of benzene rings is 2. The molecule has 5 rings (SSSR count). The Kier molecular flexibility index (Phi) is 5.23. The number of furan rings is 1. The van der Waals surface area contributed by atoms with Gasteiger partial charge < -0.3 is 14.7 Å². The van der Waals surface area contributed by atoms with E-state index in [2.05, 4.69) is 71.5 Å². The zero-order chi connectivity index (χ0) is 22.1. The van der Waals surface area contributed by atoms with Crippen molar-refractivity contribution >= 4 is 16.9 Å². The first-order chi connectivity index (χ1) is 15.6. The first kappa shape index (κ1) is 20.1. The van der Waals surface area contributed by atoms with Gasteiger partial charge in [-0.1, -0.05) is 79.5 Å². The molecule has 5 aromatic rings. The van der Waals surface area contributed by atoms with Gasteiger partial charge in [0.25, 0.3) is 0 Å². The number of anilines is 1. The molecule has 0 radical (unpaired) electrons. The van der Waals surface area contributed by atoms with Crippen LogP contribution in [0.1, 0.15) is 19.6 Å². The van der Waals surface area contributed by atoms with Crippen LogP contribution in [0.4, 0.5) is 5.82 Å². The Morgan fingerprint density at radius 1 is 0.938 bits per heavy atom. The van der Waals surface area contributed by atoms with Crippen molar-refractivity contribution in [3.8, 4) is 22.4 Å². The summed E-state index contributed by atoms with van der Waals surface area (Å²) in [6, 6.07) is 24.8. The second-order valence-corrected chi connectivity index (χ2v) is 8.50. The summed E-state index contributed by atoms with van der Waals surface area (Å²) in [5.74, 6) is 2.07. The maximum Gasteiger partial charge on any atom is 0.232 e. The lowest BCUT2D eigenvalue weighted by Gasteiger charge is -2.11. The number of rotatable bonds is 6. The minimum absolute atomic E-state index is 0.459. The summed E-state index contributed by atoms with van der Waals surface area (Å²) in [5, 5.41) is 0.977. The van der Waals surface area contributed by atoms with E-state index in [-0.39, 0.29) is 0 Å². The number of aromatic nitrogens is 3. The summed E-state index contributed by atoms with van der Waals surface area (Å²) in [5.41, 5.74) is 12.1. The predicted molar refractivity (Wildman–Crippen MR) is 128 cm³/mol. The van der Waals surface area contributed by atoms with Crippen LogP contribution in [-0.2, 0) is 13.1 Å². The van der Waals surface area contributed by atoms with E-state index in [1.807, 2.05) is 30.6 Å². The number of hydrogen-bond acceptors (Lipinski definition) is 3. The molecular formula is C27H27N4O+. The van der Waals surface area contributed by atoms with Gasteiger partial charge in [0, 0.05) is 5.56 Å². The van der Waals surface area contributed by atoms with Crippen LogP contribution in [0.5, 0.6) is 0 Å². The molecular weight excluding hydrogens is 396 g/mol. The molecule has 160 valence electrons. The molecule has 0 atom stereocenters. The third-order valence-electron chi connectivity index (χ3n) is 5.69. The molecule has 0 spiro atoms. The molecule has 0 fully saturated rings. The van der Waals surface area contributed by atoms with Crippen LogP contribution in [0.25, 0.3) is 33.4 Å². The second kappa shape index (κ2) is 8.35. The molecule has 2 N–H and O–H groups in total. The lowest BCUT2D eigenvalue weighted by Crippen LogP contribution is -2.39. The van der Waals surface area contributed by atoms with Crippen LogP contribution < -0.4 is 10.3 Å². The highest BCUT2D eigenvalue weighted by molar-refractivity contribution is 6.07. The average Bonchev–Trinajstić information content (AvgIpc) is 3.43. The van der Waals surface area contributed by atoms with E-state index in [4.69, 9.17) is 15.1 Å². The number of nitrogens with two attached hydrogens (primary N) is 1. The third kappa shape index (κ3) is 3.56. The molecule has 5 nitrogen and oxygen atoms in total. The summed E-state index contributed by atoms with van der Waals surface area (Å²) in [6.45, 7) is 5.76. The normalized spacial score (nSPS) is 11.5. The summed E-state index contributed by atoms with van der Waals surface area (Å²) >= 11 is 0. The maximum absolute atomic E-state index is 6.83. The SMILES string of the molecule is CC(C)C[n+]1cnc2c(c(-c3ccccc3)c(-c3ccccc3)n2Cc2ccco2)c1N. The quantitative estimate of drug-likeness (QED) is 0.365. The molecule has 32 heavy (non-hydrogen) atoms. The summed E-state index contributed by atoms with van der Waals surface area (Å²) in [6.07, 6.45) is 3.57. The van der Waals surface area contributed by atoms with Crippen molar-refractivity contribution in [3.63, 3.8) is 0 Å².